The van der Waals surface area contributed by atoms with Gasteiger partial charge in [-0.2, -0.15) is 0 Å². The third kappa shape index (κ3) is 3.71. The number of rotatable bonds is 3. The van der Waals surface area contributed by atoms with E-state index in [1.165, 1.54) is 19.3 Å². The lowest BCUT2D eigenvalue weighted by Crippen LogP contribution is -2.38. The monoisotopic (exact) mass is 372 g/mol. The van der Waals surface area contributed by atoms with Crippen molar-refractivity contribution in [1.82, 2.24) is 4.72 Å². The molecule has 0 radical (unpaired) electrons. The molecule has 0 aromatic heterocycles. The van der Waals surface area contributed by atoms with E-state index < -0.39 is 10.0 Å². The molecule has 2 aromatic rings. The van der Waals surface area contributed by atoms with Crippen molar-refractivity contribution in [1.29, 1.82) is 0 Å². The van der Waals surface area contributed by atoms with Crippen LogP contribution in [0.2, 0.25) is 0 Å². The van der Waals surface area contributed by atoms with Gasteiger partial charge in [0.1, 0.15) is 17.3 Å². The predicted molar refractivity (Wildman–Crippen MR) is 102 cm³/mol. The molecule has 2 heterocycles. The summed E-state index contributed by atoms with van der Waals surface area (Å²) < 4.78 is 34.3. The van der Waals surface area contributed by atoms with Crippen molar-refractivity contribution in [3.8, 4) is 5.75 Å². The van der Waals surface area contributed by atoms with Crippen molar-refractivity contribution in [2.24, 2.45) is 0 Å². The summed E-state index contributed by atoms with van der Waals surface area (Å²) in [5.74, 6) is 0.455. The van der Waals surface area contributed by atoms with Gasteiger partial charge in [-0.05, 0) is 43.4 Å². The Morgan fingerprint density at radius 2 is 1.81 bits per heavy atom. The van der Waals surface area contributed by atoms with Gasteiger partial charge in [-0.1, -0.05) is 30.3 Å². The molecule has 5 nitrogen and oxygen atoms in total. The Labute approximate surface area is 155 Å². The molecule has 26 heavy (non-hydrogen) atoms. The number of anilines is 1. The zero-order valence-corrected chi connectivity index (χ0v) is 15.5. The van der Waals surface area contributed by atoms with E-state index in [1.54, 1.807) is 6.07 Å². The highest BCUT2D eigenvalue weighted by atomic mass is 32.2. The molecule has 2 aliphatic heterocycles. The van der Waals surface area contributed by atoms with Crippen LogP contribution >= 0.6 is 0 Å². The van der Waals surface area contributed by atoms with Crippen molar-refractivity contribution in [3.05, 3.63) is 54.1 Å². The van der Waals surface area contributed by atoms with Crippen LogP contribution < -0.4 is 14.4 Å². The molecular formula is C20H24N2O3S. The number of hydrogen-bond donors (Lipinski definition) is 1. The van der Waals surface area contributed by atoms with Gasteiger partial charge in [-0.15, -0.1) is 0 Å². The molecule has 1 saturated heterocycles. The lowest BCUT2D eigenvalue weighted by molar-refractivity contribution is 0.279. The number of piperidine rings is 1. The van der Waals surface area contributed by atoms with Crippen LogP contribution in [-0.4, -0.2) is 34.2 Å². The third-order valence-electron chi connectivity index (χ3n) is 5.02. The number of hydrogen-bond acceptors (Lipinski definition) is 4. The van der Waals surface area contributed by atoms with Crippen molar-refractivity contribution >= 4 is 15.7 Å². The first kappa shape index (κ1) is 17.4. The third-order valence-corrected chi connectivity index (χ3v) is 6.58. The molecule has 6 heteroatoms. The van der Waals surface area contributed by atoms with Crippen LogP contribution in [0.15, 0.2) is 53.4 Å². The van der Waals surface area contributed by atoms with E-state index >= 15 is 0 Å². The molecule has 1 N–H and O–H groups in total. The summed E-state index contributed by atoms with van der Waals surface area (Å²) in [4.78, 5) is 2.54. The fourth-order valence-electron chi connectivity index (χ4n) is 3.69. The molecule has 1 atom stereocenters. The second-order valence-electron chi connectivity index (χ2n) is 7.00. The number of fused-ring (bicyclic) bond motifs is 1. The number of sulfonamides is 1. The van der Waals surface area contributed by atoms with E-state index in [0.717, 1.165) is 24.3 Å². The first-order valence-electron chi connectivity index (χ1n) is 9.20. The maximum Gasteiger partial charge on any atom is 0.244 e. The Bertz CT molecular complexity index is 862. The van der Waals surface area contributed by atoms with Gasteiger partial charge >= 0.3 is 0 Å². The molecule has 138 valence electrons. The molecule has 4 rings (SSSR count). The predicted octanol–water partition coefficient (Wildman–Crippen LogP) is 2.96. The van der Waals surface area contributed by atoms with Crippen LogP contribution in [0.4, 0.5) is 5.69 Å². The molecule has 1 fully saturated rings. The Hall–Kier alpha value is -2.05. The molecule has 2 aliphatic rings. The van der Waals surface area contributed by atoms with Crippen molar-refractivity contribution in [2.45, 2.75) is 36.6 Å². The molecule has 0 unspecified atom stereocenters. The minimum Gasteiger partial charge on any atom is -0.490 e. The first-order chi connectivity index (χ1) is 12.6. The van der Waals surface area contributed by atoms with E-state index in [2.05, 4.69) is 9.62 Å². The summed E-state index contributed by atoms with van der Waals surface area (Å²) in [5, 5.41) is 0. The zero-order chi connectivity index (χ0) is 18.0. The van der Waals surface area contributed by atoms with Crippen LogP contribution in [0, 0.1) is 0 Å². The van der Waals surface area contributed by atoms with E-state index in [0.29, 0.717) is 18.8 Å². The summed E-state index contributed by atoms with van der Waals surface area (Å²) in [6.07, 6.45) is 4.22. The number of benzene rings is 2. The summed E-state index contributed by atoms with van der Waals surface area (Å²) in [7, 11) is -3.59. The van der Waals surface area contributed by atoms with Gasteiger partial charge in [-0.25, -0.2) is 13.1 Å². The topological polar surface area (TPSA) is 58.6 Å². The maximum atomic E-state index is 12.8. The fraction of sp³-hybridized carbons (Fsp3) is 0.400. The van der Waals surface area contributed by atoms with Crippen LogP contribution in [0.25, 0.3) is 0 Å². The summed E-state index contributed by atoms with van der Waals surface area (Å²) >= 11 is 0. The Kier molecular flexibility index (Phi) is 4.87. The molecular weight excluding hydrogens is 348 g/mol. The second-order valence-corrected chi connectivity index (χ2v) is 8.68. The van der Waals surface area contributed by atoms with Gasteiger partial charge < -0.3 is 9.64 Å². The van der Waals surface area contributed by atoms with E-state index in [-0.39, 0.29) is 10.9 Å². The standard InChI is InChI=1S/C20H24N2O3S/c23-26(24)20-10-9-18(22-11-5-2-6-12-22)14-19(20)25-15-17(21-26)13-16-7-3-1-4-8-16/h1,3-4,7-10,14,17,21H,2,5-6,11-13,15H2/t17-/m1/s1. The van der Waals surface area contributed by atoms with E-state index in [9.17, 15) is 8.42 Å². The highest BCUT2D eigenvalue weighted by Crippen LogP contribution is 2.32. The smallest absolute Gasteiger partial charge is 0.244 e. The molecule has 0 bridgehead atoms. The normalized spacial score (nSPS) is 22.2. The minimum atomic E-state index is -3.59. The number of ether oxygens (including phenoxy) is 1. The average molecular weight is 372 g/mol. The second kappa shape index (κ2) is 7.29. The highest BCUT2D eigenvalue weighted by molar-refractivity contribution is 7.89. The van der Waals surface area contributed by atoms with Crippen LogP contribution in [-0.2, 0) is 16.4 Å². The maximum absolute atomic E-state index is 12.8. The van der Waals surface area contributed by atoms with Gasteiger partial charge in [0.15, 0.2) is 0 Å². The van der Waals surface area contributed by atoms with Crippen molar-refractivity contribution < 1.29 is 13.2 Å². The molecule has 0 amide bonds. The molecule has 0 saturated carbocycles. The Morgan fingerprint density at radius 3 is 2.58 bits per heavy atom. The van der Waals surface area contributed by atoms with Crippen LogP contribution in [0.1, 0.15) is 24.8 Å². The number of nitrogens with zero attached hydrogens (tertiary/aromatic N) is 1. The Balaban J connectivity index is 1.57. The van der Waals surface area contributed by atoms with E-state index in [4.69, 9.17) is 4.74 Å². The summed E-state index contributed by atoms with van der Waals surface area (Å²) in [6, 6.07) is 15.0. The highest BCUT2D eigenvalue weighted by Gasteiger charge is 2.29. The first-order valence-corrected chi connectivity index (χ1v) is 10.7. The summed E-state index contributed by atoms with van der Waals surface area (Å²) in [5.41, 5.74) is 2.13. The van der Waals surface area contributed by atoms with Gasteiger partial charge in [0.05, 0.1) is 6.04 Å². The lowest BCUT2D eigenvalue weighted by atomic mass is 10.1. The molecule has 0 spiro atoms. The largest absolute Gasteiger partial charge is 0.490 e. The van der Waals surface area contributed by atoms with Gasteiger partial charge in [0.2, 0.25) is 10.0 Å². The SMILES string of the molecule is O=S1(=O)N[C@H](Cc2ccccc2)COc2cc(N3CCCCC3)ccc21. The fourth-order valence-corrected chi connectivity index (χ4v) is 5.03. The molecule has 2 aromatic carbocycles. The van der Waals surface area contributed by atoms with Crippen molar-refractivity contribution in [3.63, 3.8) is 0 Å². The average Bonchev–Trinajstić information content (AvgIpc) is 2.79. The van der Waals surface area contributed by atoms with Crippen molar-refractivity contribution in [2.75, 3.05) is 24.6 Å². The van der Waals surface area contributed by atoms with E-state index in [1.807, 2.05) is 42.5 Å². The van der Waals surface area contributed by atoms with Gasteiger partial charge in [0, 0.05) is 24.8 Å². The lowest BCUT2D eigenvalue weighted by Gasteiger charge is -2.29. The minimum absolute atomic E-state index is 0.230. The molecule has 0 aliphatic carbocycles. The van der Waals surface area contributed by atoms with Crippen LogP contribution in [0.3, 0.4) is 0 Å². The summed E-state index contributed by atoms with van der Waals surface area (Å²) in [6.45, 7) is 2.35. The zero-order valence-electron chi connectivity index (χ0n) is 14.7. The number of nitrogens with one attached hydrogen (secondary N) is 1. The van der Waals surface area contributed by atoms with Crippen LogP contribution in [0.5, 0.6) is 5.75 Å². The quantitative estimate of drug-likeness (QED) is 0.900. The van der Waals surface area contributed by atoms with Gasteiger partial charge in [-0.3, -0.25) is 0 Å². The van der Waals surface area contributed by atoms with Gasteiger partial charge in [0.25, 0.3) is 0 Å². The Morgan fingerprint density at radius 1 is 1.04 bits per heavy atom.